The molecule has 28 heavy (non-hydrogen) atoms. The highest BCUT2D eigenvalue weighted by Gasteiger charge is 2.32. The Morgan fingerprint density at radius 1 is 1.07 bits per heavy atom. The largest absolute Gasteiger partial charge is 0.328 e. The van der Waals surface area contributed by atoms with E-state index < -0.39 is 0 Å². The average molecular weight is 381 g/mol. The van der Waals surface area contributed by atoms with Crippen LogP contribution in [0.25, 0.3) is 11.4 Å². The summed E-state index contributed by atoms with van der Waals surface area (Å²) < 4.78 is 4.31. The van der Waals surface area contributed by atoms with Crippen LogP contribution in [0.2, 0.25) is 0 Å². The normalized spacial score (nSPS) is 17.8. The average Bonchev–Trinajstić information content (AvgIpc) is 2.92. The van der Waals surface area contributed by atoms with E-state index in [1.807, 2.05) is 0 Å². The highest BCUT2D eigenvalue weighted by atomic mass is 15.2. The third kappa shape index (κ3) is 3.89. The van der Waals surface area contributed by atoms with Crippen molar-refractivity contribution in [2.45, 2.75) is 54.6 Å². The lowest BCUT2D eigenvalue weighted by Crippen LogP contribution is -2.46. The van der Waals surface area contributed by atoms with E-state index >= 15 is 0 Å². The first kappa shape index (κ1) is 20.3. The summed E-state index contributed by atoms with van der Waals surface area (Å²) in [6.07, 6.45) is 4.06. The van der Waals surface area contributed by atoms with Gasteiger partial charge in [0.2, 0.25) is 0 Å². The third-order valence-electron chi connectivity index (χ3n) is 5.16. The second-order valence-electron chi connectivity index (χ2n) is 9.94. The van der Waals surface area contributed by atoms with Gasteiger partial charge in [-0.25, -0.2) is 19.1 Å². The van der Waals surface area contributed by atoms with Crippen LogP contribution in [-0.4, -0.2) is 22.4 Å². The fourth-order valence-corrected chi connectivity index (χ4v) is 3.35. The lowest BCUT2D eigenvalue weighted by molar-refractivity contribution is -0.659. The number of nitrogens with zero attached hydrogens (tertiary/aromatic N) is 4. The molecule has 0 bridgehead atoms. The van der Waals surface area contributed by atoms with E-state index in [0.29, 0.717) is 0 Å². The second kappa shape index (κ2) is 6.87. The molecule has 1 N–H and O–H groups in total. The van der Waals surface area contributed by atoms with E-state index in [4.69, 9.17) is 9.98 Å². The van der Waals surface area contributed by atoms with Crippen molar-refractivity contribution in [3.05, 3.63) is 41.7 Å². The van der Waals surface area contributed by atoms with Crippen molar-refractivity contribution in [3.63, 3.8) is 0 Å². The maximum absolute atomic E-state index is 4.99. The summed E-state index contributed by atoms with van der Waals surface area (Å²) in [5.74, 6) is 3.06. The minimum Gasteiger partial charge on any atom is -0.328 e. The molecule has 3 rings (SSSR count). The van der Waals surface area contributed by atoms with Gasteiger partial charge >= 0.3 is 0 Å². The van der Waals surface area contributed by atoms with E-state index in [1.54, 1.807) is 0 Å². The van der Waals surface area contributed by atoms with Gasteiger partial charge in [0, 0.05) is 16.4 Å². The van der Waals surface area contributed by atoms with Crippen molar-refractivity contribution in [1.29, 1.82) is 0 Å². The molecule has 1 aliphatic heterocycles. The minimum atomic E-state index is -0.103. The number of rotatable bonds is 2. The fraction of sp³-hybridized carbons (Fsp3) is 0.522. The molecule has 2 heterocycles. The molecular formula is C23H34N5+. The summed E-state index contributed by atoms with van der Waals surface area (Å²) in [4.78, 5) is 9.92. The van der Waals surface area contributed by atoms with Gasteiger partial charge in [0.05, 0.1) is 19.7 Å². The van der Waals surface area contributed by atoms with Crippen molar-refractivity contribution >= 4 is 11.7 Å². The van der Waals surface area contributed by atoms with Crippen LogP contribution in [0, 0.1) is 17.8 Å². The quantitative estimate of drug-likeness (QED) is 0.787. The van der Waals surface area contributed by atoms with E-state index in [-0.39, 0.29) is 17.0 Å². The monoisotopic (exact) mass is 380 g/mol. The van der Waals surface area contributed by atoms with Gasteiger partial charge in [-0.05, 0) is 18.6 Å². The Bertz CT molecular complexity index is 929. The van der Waals surface area contributed by atoms with Gasteiger partial charge in [0.15, 0.2) is 0 Å². The number of aryl methyl sites for hydroxylation is 3. The number of aliphatic imine (C=N–C) groups is 2. The molecule has 5 heteroatoms. The van der Waals surface area contributed by atoms with Gasteiger partial charge in [-0.1, -0.05) is 53.7 Å². The van der Waals surface area contributed by atoms with Crippen LogP contribution >= 0.6 is 0 Å². The van der Waals surface area contributed by atoms with E-state index in [9.17, 15) is 0 Å². The Hall–Kier alpha value is -2.43. The zero-order chi connectivity index (χ0) is 20.9. The molecule has 0 saturated carbocycles. The highest BCUT2D eigenvalue weighted by Crippen LogP contribution is 2.29. The molecule has 0 saturated heterocycles. The van der Waals surface area contributed by atoms with Crippen LogP contribution < -0.4 is 9.88 Å². The number of benzene rings is 1. The number of amidine groups is 2. The van der Waals surface area contributed by atoms with Crippen LogP contribution in [0.4, 0.5) is 0 Å². The van der Waals surface area contributed by atoms with Crippen LogP contribution in [-0.2, 0) is 14.1 Å². The predicted octanol–water partition coefficient (Wildman–Crippen LogP) is 3.99. The summed E-state index contributed by atoms with van der Waals surface area (Å²) in [5, 5.41) is 3.52. The molecular weight excluding hydrogens is 346 g/mol. The predicted molar refractivity (Wildman–Crippen MR) is 117 cm³/mol. The molecule has 0 fully saturated rings. The van der Waals surface area contributed by atoms with Gasteiger partial charge in [0.25, 0.3) is 5.82 Å². The second-order valence-corrected chi connectivity index (χ2v) is 9.94. The number of nitrogens with one attached hydrogen (secondary N) is 1. The molecule has 5 nitrogen and oxygen atoms in total. The maximum Gasteiger partial charge on any atom is 0.288 e. The van der Waals surface area contributed by atoms with E-state index in [2.05, 4.69) is 108 Å². The first-order valence-corrected chi connectivity index (χ1v) is 9.93. The first-order valence-electron chi connectivity index (χ1n) is 9.93. The third-order valence-corrected chi connectivity index (χ3v) is 5.16. The fourth-order valence-electron chi connectivity index (χ4n) is 3.35. The standard InChI is InChI=1S/C23H34N5/c1-15-10-11-16(14-17(15)19-27(8)12-13-28(19)9)18-24-20(22(2,3)4)26-21(25-18)23(5,6)7/h10-14,20H,1-9H3,(H,24,25,26)/q+1. The van der Waals surface area contributed by atoms with Crippen molar-refractivity contribution in [3.8, 4) is 11.4 Å². The SMILES string of the molecule is Cc1ccc(C2=NC(C(C)(C)C)N=C(C(C)(C)C)N2)cc1-c1n(C)cc[n+]1C. The Labute approximate surface area is 169 Å². The molecule has 1 atom stereocenters. The summed E-state index contributed by atoms with van der Waals surface area (Å²) in [6, 6.07) is 6.57. The van der Waals surface area contributed by atoms with E-state index in [0.717, 1.165) is 17.2 Å². The summed E-state index contributed by atoms with van der Waals surface area (Å²) in [5.41, 5.74) is 3.44. The topological polar surface area (TPSA) is 45.6 Å². The molecule has 0 amide bonds. The van der Waals surface area contributed by atoms with Gasteiger partial charge in [-0.3, -0.25) is 0 Å². The maximum atomic E-state index is 4.99. The molecule has 1 aromatic heterocycles. The minimum absolute atomic E-state index is 0.0397. The summed E-state index contributed by atoms with van der Waals surface area (Å²) in [7, 11) is 4.16. The van der Waals surface area contributed by atoms with Gasteiger partial charge in [0.1, 0.15) is 30.2 Å². The van der Waals surface area contributed by atoms with Crippen molar-refractivity contribution < 1.29 is 4.57 Å². The molecule has 0 spiro atoms. The van der Waals surface area contributed by atoms with Gasteiger partial charge < -0.3 is 5.32 Å². The van der Waals surface area contributed by atoms with E-state index in [1.165, 1.54) is 17.0 Å². The number of hydrogen-bond donors (Lipinski definition) is 1. The van der Waals surface area contributed by atoms with Crippen LogP contribution in [0.3, 0.4) is 0 Å². The molecule has 0 aliphatic carbocycles. The van der Waals surface area contributed by atoms with Crippen molar-refractivity contribution in [1.82, 2.24) is 9.88 Å². The lowest BCUT2D eigenvalue weighted by Gasteiger charge is -2.34. The number of aromatic nitrogens is 2. The smallest absolute Gasteiger partial charge is 0.288 e. The van der Waals surface area contributed by atoms with Crippen molar-refractivity contribution in [2.24, 2.45) is 34.9 Å². The molecule has 1 unspecified atom stereocenters. The Balaban J connectivity index is 2.10. The van der Waals surface area contributed by atoms with Crippen LogP contribution in [0.15, 0.2) is 40.6 Å². The van der Waals surface area contributed by atoms with Crippen LogP contribution in [0.5, 0.6) is 0 Å². The first-order chi connectivity index (χ1) is 12.9. The number of hydrogen-bond acceptors (Lipinski definition) is 3. The molecule has 1 aliphatic rings. The Morgan fingerprint density at radius 2 is 1.75 bits per heavy atom. The number of imidazole rings is 1. The Kier molecular flexibility index (Phi) is 4.98. The Morgan fingerprint density at radius 3 is 2.29 bits per heavy atom. The lowest BCUT2D eigenvalue weighted by atomic mass is 9.89. The zero-order valence-electron chi connectivity index (χ0n) is 18.8. The molecule has 1 aromatic carbocycles. The van der Waals surface area contributed by atoms with Crippen LogP contribution in [0.1, 0.15) is 52.7 Å². The molecule has 150 valence electrons. The summed E-state index contributed by atoms with van der Waals surface area (Å²) >= 11 is 0. The molecule has 2 aromatic rings. The van der Waals surface area contributed by atoms with Gasteiger partial charge in [-0.2, -0.15) is 0 Å². The van der Waals surface area contributed by atoms with Crippen molar-refractivity contribution in [2.75, 3.05) is 0 Å². The highest BCUT2D eigenvalue weighted by molar-refractivity contribution is 6.12. The van der Waals surface area contributed by atoms with Gasteiger partial charge in [-0.15, -0.1) is 0 Å². The molecule has 0 radical (unpaired) electrons. The summed E-state index contributed by atoms with van der Waals surface area (Å²) in [6.45, 7) is 15.3. The zero-order valence-corrected chi connectivity index (χ0v) is 18.8.